The van der Waals surface area contributed by atoms with Crippen LogP contribution < -0.4 is 5.73 Å². The smallest absolute Gasteiger partial charge is 0.168 e. The van der Waals surface area contributed by atoms with Crippen molar-refractivity contribution in [3.63, 3.8) is 0 Å². The summed E-state index contributed by atoms with van der Waals surface area (Å²) in [5.41, 5.74) is 6.08. The molecule has 0 spiro atoms. The van der Waals surface area contributed by atoms with Gasteiger partial charge in [0.15, 0.2) is 5.78 Å². The van der Waals surface area contributed by atoms with Gasteiger partial charge in [0.1, 0.15) is 0 Å². The van der Waals surface area contributed by atoms with Gasteiger partial charge in [-0.05, 0) is 19.4 Å². The first-order valence-corrected chi connectivity index (χ1v) is 4.88. The maximum absolute atomic E-state index is 11.8. The zero-order valence-electron chi connectivity index (χ0n) is 8.73. The third-order valence-corrected chi connectivity index (χ3v) is 2.28. The van der Waals surface area contributed by atoms with Crippen molar-refractivity contribution in [1.29, 1.82) is 0 Å². The Morgan fingerprint density at radius 3 is 2.93 bits per heavy atom. The predicted octanol–water partition coefficient (Wildman–Crippen LogP) is 0.978. The first-order valence-electron chi connectivity index (χ1n) is 4.88. The molecule has 14 heavy (non-hydrogen) atoms. The highest BCUT2D eigenvalue weighted by molar-refractivity contribution is 5.97. The average Bonchev–Trinajstić information content (AvgIpc) is 2.60. The highest BCUT2D eigenvalue weighted by Crippen LogP contribution is 2.12. The molecule has 0 radical (unpaired) electrons. The standard InChI is InChI=1S/C10H17N3O/c1-8(4-3-5-11)10(14)9-6-12-13(2)7-9/h6-8H,3-5,11H2,1-2H3. The van der Waals surface area contributed by atoms with E-state index in [1.165, 1.54) is 0 Å². The third-order valence-electron chi connectivity index (χ3n) is 2.28. The minimum absolute atomic E-state index is 0.0442. The van der Waals surface area contributed by atoms with Crippen LogP contribution in [-0.2, 0) is 7.05 Å². The third kappa shape index (κ3) is 2.67. The van der Waals surface area contributed by atoms with Crippen molar-refractivity contribution in [2.75, 3.05) is 6.54 Å². The van der Waals surface area contributed by atoms with E-state index >= 15 is 0 Å². The topological polar surface area (TPSA) is 60.9 Å². The van der Waals surface area contributed by atoms with Gasteiger partial charge < -0.3 is 5.73 Å². The summed E-state index contributed by atoms with van der Waals surface area (Å²) in [6.45, 7) is 2.58. The lowest BCUT2D eigenvalue weighted by atomic mass is 9.97. The molecule has 1 heterocycles. The summed E-state index contributed by atoms with van der Waals surface area (Å²) in [7, 11) is 1.81. The summed E-state index contributed by atoms with van der Waals surface area (Å²) in [6.07, 6.45) is 5.11. The monoisotopic (exact) mass is 195 g/mol. The number of aromatic nitrogens is 2. The first kappa shape index (κ1) is 10.9. The second-order valence-electron chi connectivity index (χ2n) is 3.60. The summed E-state index contributed by atoms with van der Waals surface area (Å²) in [6, 6.07) is 0. The summed E-state index contributed by atoms with van der Waals surface area (Å²) >= 11 is 0. The first-order chi connectivity index (χ1) is 6.65. The number of rotatable bonds is 5. The molecule has 0 amide bonds. The Labute approximate surface area is 84.1 Å². The molecular weight excluding hydrogens is 178 g/mol. The van der Waals surface area contributed by atoms with Crippen LogP contribution in [0.3, 0.4) is 0 Å². The van der Waals surface area contributed by atoms with E-state index in [2.05, 4.69) is 5.10 Å². The van der Waals surface area contributed by atoms with Gasteiger partial charge in [0.2, 0.25) is 0 Å². The maximum Gasteiger partial charge on any atom is 0.168 e. The molecule has 0 saturated carbocycles. The molecule has 1 aromatic heterocycles. The summed E-state index contributed by atoms with van der Waals surface area (Å²) in [4.78, 5) is 11.8. The minimum Gasteiger partial charge on any atom is -0.330 e. The normalized spacial score (nSPS) is 12.8. The Hall–Kier alpha value is -1.16. The van der Waals surface area contributed by atoms with Crippen LogP contribution >= 0.6 is 0 Å². The number of nitrogens with zero attached hydrogens (tertiary/aromatic N) is 2. The molecule has 4 heteroatoms. The van der Waals surface area contributed by atoms with Gasteiger partial charge in [-0.1, -0.05) is 6.92 Å². The van der Waals surface area contributed by atoms with Crippen LogP contribution in [0.1, 0.15) is 30.1 Å². The van der Waals surface area contributed by atoms with E-state index in [4.69, 9.17) is 5.73 Å². The molecule has 0 aliphatic rings. The molecule has 0 fully saturated rings. The fourth-order valence-corrected chi connectivity index (χ4v) is 1.39. The lowest BCUT2D eigenvalue weighted by molar-refractivity contribution is 0.0923. The van der Waals surface area contributed by atoms with Crippen molar-refractivity contribution in [1.82, 2.24) is 9.78 Å². The Morgan fingerprint density at radius 2 is 2.43 bits per heavy atom. The SMILES string of the molecule is CC(CCCN)C(=O)c1cnn(C)c1. The lowest BCUT2D eigenvalue weighted by Gasteiger charge is -2.07. The molecule has 1 rings (SSSR count). The van der Waals surface area contributed by atoms with Gasteiger partial charge in [-0.25, -0.2) is 0 Å². The average molecular weight is 195 g/mol. The fraction of sp³-hybridized carbons (Fsp3) is 0.600. The van der Waals surface area contributed by atoms with Gasteiger partial charge in [0.05, 0.1) is 11.8 Å². The van der Waals surface area contributed by atoms with Crippen LogP contribution in [0.15, 0.2) is 12.4 Å². The van der Waals surface area contributed by atoms with Crippen molar-refractivity contribution in [2.24, 2.45) is 18.7 Å². The quantitative estimate of drug-likeness (QED) is 0.712. The molecule has 0 aliphatic carbocycles. The molecule has 0 saturated heterocycles. The summed E-state index contributed by atoms with van der Waals surface area (Å²) < 4.78 is 1.64. The molecule has 78 valence electrons. The molecule has 1 atom stereocenters. The molecule has 0 aromatic carbocycles. The van der Waals surface area contributed by atoms with E-state index < -0.39 is 0 Å². The Bertz CT molecular complexity index is 306. The van der Waals surface area contributed by atoms with E-state index in [-0.39, 0.29) is 11.7 Å². The van der Waals surface area contributed by atoms with Crippen molar-refractivity contribution >= 4 is 5.78 Å². The van der Waals surface area contributed by atoms with Crippen molar-refractivity contribution < 1.29 is 4.79 Å². The van der Waals surface area contributed by atoms with Crippen LogP contribution in [0.4, 0.5) is 0 Å². The molecule has 2 N–H and O–H groups in total. The van der Waals surface area contributed by atoms with E-state index in [9.17, 15) is 4.79 Å². The molecule has 4 nitrogen and oxygen atoms in total. The lowest BCUT2D eigenvalue weighted by Crippen LogP contribution is -2.12. The van der Waals surface area contributed by atoms with Crippen LogP contribution in [0.5, 0.6) is 0 Å². The van der Waals surface area contributed by atoms with Gasteiger partial charge in [-0.15, -0.1) is 0 Å². The summed E-state index contributed by atoms with van der Waals surface area (Å²) in [5, 5.41) is 3.97. The van der Waals surface area contributed by atoms with E-state index in [0.29, 0.717) is 12.1 Å². The van der Waals surface area contributed by atoms with Gasteiger partial charge in [-0.3, -0.25) is 9.48 Å². The largest absolute Gasteiger partial charge is 0.330 e. The molecule has 0 aliphatic heterocycles. The maximum atomic E-state index is 11.8. The minimum atomic E-state index is 0.0442. The number of Topliss-reactive ketones (excluding diaryl/α,β-unsaturated/α-hetero) is 1. The Balaban J connectivity index is 2.56. The van der Waals surface area contributed by atoms with Gasteiger partial charge in [0, 0.05) is 19.2 Å². The van der Waals surface area contributed by atoms with E-state index in [0.717, 1.165) is 12.8 Å². The zero-order chi connectivity index (χ0) is 10.6. The second-order valence-corrected chi connectivity index (χ2v) is 3.60. The van der Waals surface area contributed by atoms with Crippen LogP contribution in [0.25, 0.3) is 0 Å². The van der Waals surface area contributed by atoms with Gasteiger partial charge in [0.25, 0.3) is 0 Å². The number of hydrogen-bond acceptors (Lipinski definition) is 3. The van der Waals surface area contributed by atoms with Gasteiger partial charge in [-0.2, -0.15) is 5.10 Å². The molecular formula is C10H17N3O. The van der Waals surface area contributed by atoms with Crippen molar-refractivity contribution in [3.05, 3.63) is 18.0 Å². The van der Waals surface area contributed by atoms with Crippen molar-refractivity contribution in [2.45, 2.75) is 19.8 Å². The predicted molar refractivity (Wildman–Crippen MR) is 55.0 cm³/mol. The summed E-state index contributed by atoms with van der Waals surface area (Å²) in [5.74, 6) is 0.203. The number of carbonyl (C=O) groups excluding carboxylic acids is 1. The molecule has 0 bridgehead atoms. The zero-order valence-corrected chi connectivity index (χ0v) is 8.73. The number of aryl methyl sites for hydroxylation is 1. The van der Waals surface area contributed by atoms with Crippen LogP contribution in [-0.4, -0.2) is 22.1 Å². The number of nitrogens with two attached hydrogens (primary N) is 1. The van der Waals surface area contributed by atoms with Crippen molar-refractivity contribution in [3.8, 4) is 0 Å². The fourth-order valence-electron chi connectivity index (χ4n) is 1.39. The second kappa shape index (κ2) is 4.91. The van der Waals surface area contributed by atoms with E-state index in [1.54, 1.807) is 24.1 Å². The molecule has 1 unspecified atom stereocenters. The molecule has 1 aromatic rings. The number of carbonyl (C=O) groups is 1. The Morgan fingerprint density at radius 1 is 1.71 bits per heavy atom. The highest BCUT2D eigenvalue weighted by atomic mass is 16.1. The van der Waals surface area contributed by atoms with Crippen LogP contribution in [0.2, 0.25) is 0 Å². The number of ketones is 1. The highest BCUT2D eigenvalue weighted by Gasteiger charge is 2.15. The van der Waals surface area contributed by atoms with E-state index in [1.807, 2.05) is 6.92 Å². The van der Waals surface area contributed by atoms with Crippen LogP contribution in [0, 0.1) is 5.92 Å². The Kier molecular flexibility index (Phi) is 3.83. The van der Waals surface area contributed by atoms with Gasteiger partial charge >= 0.3 is 0 Å². The number of hydrogen-bond donors (Lipinski definition) is 1.